The van der Waals surface area contributed by atoms with Crippen LogP contribution in [-0.4, -0.2) is 52.7 Å². The molecule has 0 aromatic heterocycles. The van der Waals surface area contributed by atoms with Gasteiger partial charge in [-0.3, -0.25) is 4.99 Å². The Morgan fingerprint density at radius 1 is 1.21 bits per heavy atom. The minimum atomic E-state index is -4.40. The molecule has 1 aromatic rings. The Labute approximate surface area is 186 Å². The minimum absolute atomic E-state index is 0. The number of alkyl halides is 3. The molecule has 0 radical (unpaired) electrons. The largest absolute Gasteiger partial charge is 0.493 e. The summed E-state index contributed by atoms with van der Waals surface area (Å²) in [5.41, 5.74) is 0.826. The van der Waals surface area contributed by atoms with Crippen molar-refractivity contribution in [3.63, 3.8) is 0 Å². The van der Waals surface area contributed by atoms with Crippen LogP contribution in [-0.2, 0) is 11.3 Å². The first-order valence-electron chi connectivity index (χ1n) is 9.30. The molecule has 6 nitrogen and oxygen atoms in total. The van der Waals surface area contributed by atoms with Crippen molar-refractivity contribution in [1.29, 1.82) is 0 Å². The molecule has 1 aliphatic carbocycles. The third kappa shape index (κ3) is 10.8. The molecule has 2 N–H and O–H groups in total. The van der Waals surface area contributed by atoms with Gasteiger partial charge in [-0.1, -0.05) is 6.07 Å². The summed E-state index contributed by atoms with van der Waals surface area (Å²) in [4.78, 5) is 4.15. The Hall–Kier alpha value is -1.43. The van der Waals surface area contributed by atoms with Gasteiger partial charge < -0.3 is 24.8 Å². The predicted molar refractivity (Wildman–Crippen MR) is 116 cm³/mol. The lowest BCUT2D eigenvalue weighted by Gasteiger charge is -2.15. The van der Waals surface area contributed by atoms with Crippen LogP contribution in [0.15, 0.2) is 23.2 Å². The lowest BCUT2D eigenvalue weighted by Crippen LogP contribution is -2.37. The van der Waals surface area contributed by atoms with Crippen molar-refractivity contribution in [1.82, 2.24) is 10.6 Å². The molecule has 1 fully saturated rings. The van der Waals surface area contributed by atoms with Crippen LogP contribution < -0.4 is 20.1 Å². The Kier molecular flexibility index (Phi) is 11.5. The fraction of sp³-hybridized carbons (Fsp3) is 0.632. The van der Waals surface area contributed by atoms with Crippen molar-refractivity contribution in [3.05, 3.63) is 23.8 Å². The zero-order chi connectivity index (χ0) is 20.4. The zero-order valence-corrected chi connectivity index (χ0v) is 19.0. The number of halogens is 4. The van der Waals surface area contributed by atoms with Gasteiger partial charge >= 0.3 is 6.18 Å². The van der Waals surface area contributed by atoms with Crippen molar-refractivity contribution in [2.75, 3.05) is 40.5 Å². The third-order valence-corrected chi connectivity index (χ3v) is 4.11. The third-order valence-electron chi connectivity index (χ3n) is 4.11. The summed E-state index contributed by atoms with van der Waals surface area (Å²) >= 11 is 0. The van der Waals surface area contributed by atoms with Crippen LogP contribution in [0.25, 0.3) is 0 Å². The molecule has 2 rings (SSSR count). The number of guanidine groups is 1. The first-order valence-corrected chi connectivity index (χ1v) is 9.30. The Balaban J connectivity index is 0.00000420. The molecule has 0 unspecified atom stereocenters. The maximum atomic E-state index is 12.3. The van der Waals surface area contributed by atoms with Crippen molar-refractivity contribution < 1.29 is 27.4 Å². The van der Waals surface area contributed by atoms with Gasteiger partial charge in [-0.25, -0.2) is 0 Å². The summed E-state index contributed by atoms with van der Waals surface area (Å²) in [6, 6.07) is 4.78. The summed E-state index contributed by atoms with van der Waals surface area (Å²) < 4.78 is 52.4. The number of nitrogens with zero attached hydrogens (tertiary/aromatic N) is 1. The van der Waals surface area contributed by atoms with Crippen LogP contribution in [0.1, 0.15) is 24.8 Å². The topological polar surface area (TPSA) is 64.1 Å². The van der Waals surface area contributed by atoms with Crippen LogP contribution >= 0.6 is 24.0 Å². The molecule has 1 saturated carbocycles. The van der Waals surface area contributed by atoms with E-state index in [1.54, 1.807) is 19.2 Å². The van der Waals surface area contributed by atoms with Crippen LogP contribution in [0.3, 0.4) is 0 Å². The highest BCUT2D eigenvalue weighted by Gasteiger charge is 2.29. The van der Waals surface area contributed by atoms with E-state index in [1.165, 1.54) is 26.0 Å². The number of hydrogen-bond acceptors (Lipinski definition) is 4. The maximum absolute atomic E-state index is 12.3. The second-order valence-corrected chi connectivity index (χ2v) is 6.61. The Morgan fingerprint density at radius 2 is 1.97 bits per heavy atom. The average Bonchev–Trinajstić information content (AvgIpc) is 3.49. The summed E-state index contributed by atoms with van der Waals surface area (Å²) in [5.74, 6) is 1.71. The average molecular weight is 531 g/mol. The van der Waals surface area contributed by atoms with Gasteiger partial charge in [0.15, 0.2) is 24.1 Å². The fourth-order valence-electron chi connectivity index (χ4n) is 2.42. The van der Waals surface area contributed by atoms with E-state index in [1.807, 2.05) is 0 Å². The summed E-state index contributed by atoms with van der Waals surface area (Å²) in [6.45, 7) is 1.39. The monoisotopic (exact) mass is 531 g/mol. The fourth-order valence-corrected chi connectivity index (χ4v) is 2.42. The first kappa shape index (κ1) is 25.6. The molecule has 0 aliphatic heterocycles. The van der Waals surface area contributed by atoms with Gasteiger partial charge in [-0.2, -0.15) is 13.2 Å². The Bertz CT molecular complexity index is 641. The smallest absolute Gasteiger partial charge is 0.422 e. The normalized spacial score (nSPS) is 14.2. The van der Waals surface area contributed by atoms with E-state index in [2.05, 4.69) is 15.6 Å². The van der Waals surface area contributed by atoms with Gasteiger partial charge in [0.05, 0.1) is 7.11 Å². The van der Waals surface area contributed by atoms with Gasteiger partial charge in [0.2, 0.25) is 0 Å². The highest BCUT2D eigenvalue weighted by Crippen LogP contribution is 2.30. The molecule has 0 heterocycles. The summed E-state index contributed by atoms with van der Waals surface area (Å²) in [6.07, 6.45) is -0.942. The van der Waals surface area contributed by atoms with Gasteiger partial charge in [-0.05, 0) is 42.9 Å². The molecule has 0 spiro atoms. The van der Waals surface area contributed by atoms with Gasteiger partial charge in [0.1, 0.15) is 0 Å². The van der Waals surface area contributed by atoms with Crippen LogP contribution in [0, 0.1) is 5.92 Å². The number of methoxy groups -OCH3 is 1. The van der Waals surface area contributed by atoms with Crippen molar-refractivity contribution in [2.45, 2.75) is 32.0 Å². The molecule has 166 valence electrons. The number of nitrogens with one attached hydrogen (secondary N) is 2. The van der Waals surface area contributed by atoms with Gasteiger partial charge in [0, 0.05) is 33.4 Å². The molecule has 10 heteroatoms. The number of aliphatic imine (C=N–C) groups is 1. The highest BCUT2D eigenvalue weighted by atomic mass is 127. The molecule has 0 bridgehead atoms. The zero-order valence-electron chi connectivity index (χ0n) is 16.7. The SMILES string of the molecule is CN=C(NCCCOCC1CC1)NCc1ccc(OCC(F)(F)F)c(OC)c1.I. The highest BCUT2D eigenvalue weighted by molar-refractivity contribution is 14.0. The molecule has 0 atom stereocenters. The number of hydrogen-bond donors (Lipinski definition) is 2. The van der Waals surface area contributed by atoms with Gasteiger partial charge in [0.25, 0.3) is 0 Å². The quantitative estimate of drug-likeness (QED) is 0.197. The number of rotatable bonds is 11. The van der Waals surface area contributed by atoms with E-state index in [-0.39, 0.29) is 35.5 Å². The lowest BCUT2D eigenvalue weighted by atomic mass is 10.2. The van der Waals surface area contributed by atoms with Crippen LogP contribution in [0.2, 0.25) is 0 Å². The second kappa shape index (κ2) is 13.0. The van der Waals surface area contributed by atoms with E-state index in [0.29, 0.717) is 12.5 Å². The second-order valence-electron chi connectivity index (χ2n) is 6.61. The van der Waals surface area contributed by atoms with Crippen molar-refractivity contribution in [2.24, 2.45) is 10.9 Å². The standard InChI is InChI=1S/C19H28F3N3O3.HI/c1-23-18(24-8-3-9-27-12-14-4-5-14)25-11-15-6-7-16(17(10-15)26-2)28-13-19(20,21)22;/h6-7,10,14H,3-5,8-9,11-13H2,1-2H3,(H2,23,24,25);1H. The van der Waals surface area contributed by atoms with E-state index in [9.17, 15) is 13.2 Å². The summed E-state index contributed by atoms with van der Waals surface area (Å²) in [7, 11) is 3.06. The molecule has 1 aliphatic rings. The number of ether oxygens (including phenoxy) is 3. The molecule has 1 aromatic carbocycles. The van der Waals surface area contributed by atoms with Gasteiger partial charge in [-0.15, -0.1) is 24.0 Å². The van der Waals surface area contributed by atoms with E-state index < -0.39 is 12.8 Å². The molecule has 0 amide bonds. The number of benzene rings is 1. The minimum Gasteiger partial charge on any atom is -0.493 e. The predicted octanol–water partition coefficient (Wildman–Crippen LogP) is 3.74. The van der Waals surface area contributed by atoms with Crippen LogP contribution in [0.5, 0.6) is 11.5 Å². The maximum Gasteiger partial charge on any atom is 0.422 e. The molecular formula is C19H29F3IN3O3. The Morgan fingerprint density at radius 3 is 2.59 bits per heavy atom. The molecular weight excluding hydrogens is 502 g/mol. The van der Waals surface area contributed by atoms with Crippen molar-refractivity contribution in [3.8, 4) is 11.5 Å². The summed E-state index contributed by atoms with van der Waals surface area (Å²) in [5, 5.41) is 6.35. The molecule has 0 saturated heterocycles. The first-order chi connectivity index (χ1) is 13.4. The van der Waals surface area contributed by atoms with E-state index >= 15 is 0 Å². The van der Waals surface area contributed by atoms with E-state index in [0.717, 1.165) is 37.7 Å². The van der Waals surface area contributed by atoms with Crippen LogP contribution in [0.4, 0.5) is 13.2 Å². The van der Waals surface area contributed by atoms with E-state index in [4.69, 9.17) is 14.2 Å². The van der Waals surface area contributed by atoms with Crippen molar-refractivity contribution >= 4 is 29.9 Å². The molecule has 29 heavy (non-hydrogen) atoms. The lowest BCUT2D eigenvalue weighted by molar-refractivity contribution is -0.153.